The third kappa shape index (κ3) is 1.54. The lowest BCUT2D eigenvalue weighted by Gasteiger charge is -2.11. The summed E-state index contributed by atoms with van der Waals surface area (Å²) in [7, 11) is 0. The van der Waals surface area contributed by atoms with Crippen molar-refractivity contribution in [2.75, 3.05) is 6.54 Å². The predicted octanol–water partition coefficient (Wildman–Crippen LogP) is 2.35. The lowest BCUT2D eigenvalue weighted by molar-refractivity contribution is 0.907. The molecular weight excluding hydrogens is 169 g/mol. The number of rotatable bonds is 1. The van der Waals surface area contributed by atoms with Crippen LogP contribution >= 0.6 is 23.2 Å². The molecule has 0 aromatic rings. The molecule has 0 saturated carbocycles. The van der Waals surface area contributed by atoms with E-state index >= 15 is 0 Å². The Balaban J connectivity index is 2.85. The van der Waals surface area contributed by atoms with Gasteiger partial charge in [-0.3, -0.25) is 0 Å². The van der Waals surface area contributed by atoms with Gasteiger partial charge in [0.05, 0.1) is 10.1 Å². The maximum atomic E-state index is 5.83. The van der Waals surface area contributed by atoms with Crippen molar-refractivity contribution in [3.8, 4) is 0 Å². The molecule has 0 heterocycles. The molecule has 3 heteroatoms. The van der Waals surface area contributed by atoms with E-state index in [1.807, 2.05) is 6.08 Å². The minimum atomic E-state index is 0.517. The molecule has 56 valence electrons. The first kappa shape index (κ1) is 8.12. The Bertz CT molecular complexity index is 194. The van der Waals surface area contributed by atoms with Crippen LogP contribution in [0, 0.1) is 0 Å². The number of halogens is 2. The van der Waals surface area contributed by atoms with Crippen LogP contribution in [0.5, 0.6) is 0 Å². The van der Waals surface area contributed by atoms with E-state index in [2.05, 4.69) is 0 Å². The minimum Gasteiger partial charge on any atom is -0.327 e. The average molecular weight is 178 g/mol. The summed E-state index contributed by atoms with van der Waals surface area (Å²) in [5.74, 6) is 0. The molecular formula is C7H9Cl2N. The van der Waals surface area contributed by atoms with Crippen LogP contribution in [-0.4, -0.2) is 6.54 Å². The zero-order chi connectivity index (χ0) is 7.56. The van der Waals surface area contributed by atoms with Gasteiger partial charge in [0, 0.05) is 6.54 Å². The molecule has 1 aliphatic carbocycles. The van der Waals surface area contributed by atoms with Gasteiger partial charge in [0.15, 0.2) is 0 Å². The zero-order valence-electron chi connectivity index (χ0n) is 5.53. The van der Waals surface area contributed by atoms with Crippen LogP contribution in [0.15, 0.2) is 21.7 Å². The van der Waals surface area contributed by atoms with Crippen molar-refractivity contribution in [1.82, 2.24) is 0 Å². The van der Waals surface area contributed by atoms with Gasteiger partial charge in [-0.2, -0.15) is 0 Å². The summed E-state index contributed by atoms with van der Waals surface area (Å²) in [6.07, 6.45) is 3.83. The van der Waals surface area contributed by atoms with Crippen LogP contribution in [0.3, 0.4) is 0 Å². The molecule has 2 N–H and O–H groups in total. The van der Waals surface area contributed by atoms with E-state index < -0.39 is 0 Å². The third-order valence-electron chi connectivity index (χ3n) is 1.54. The zero-order valence-corrected chi connectivity index (χ0v) is 7.04. The largest absolute Gasteiger partial charge is 0.327 e. The van der Waals surface area contributed by atoms with Gasteiger partial charge in [-0.1, -0.05) is 29.3 Å². The second-order valence-electron chi connectivity index (χ2n) is 2.21. The van der Waals surface area contributed by atoms with Crippen LogP contribution in [0.4, 0.5) is 0 Å². The highest BCUT2D eigenvalue weighted by Crippen LogP contribution is 2.29. The van der Waals surface area contributed by atoms with Crippen molar-refractivity contribution in [2.24, 2.45) is 5.73 Å². The number of allylic oxidation sites excluding steroid dienone is 3. The summed E-state index contributed by atoms with van der Waals surface area (Å²) >= 11 is 11.6. The summed E-state index contributed by atoms with van der Waals surface area (Å²) in [6.45, 7) is 0.517. The summed E-state index contributed by atoms with van der Waals surface area (Å²) in [6, 6.07) is 0. The molecule has 0 fully saturated rings. The van der Waals surface area contributed by atoms with Crippen LogP contribution < -0.4 is 5.73 Å². The second kappa shape index (κ2) is 3.42. The molecule has 1 aliphatic rings. The predicted molar refractivity (Wildman–Crippen MR) is 45.1 cm³/mol. The molecule has 0 unspecified atom stereocenters. The summed E-state index contributed by atoms with van der Waals surface area (Å²) in [4.78, 5) is 0. The van der Waals surface area contributed by atoms with Crippen molar-refractivity contribution in [3.63, 3.8) is 0 Å². The molecule has 0 spiro atoms. The molecule has 0 amide bonds. The summed E-state index contributed by atoms with van der Waals surface area (Å²) in [5, 5.41) is 1.30. The monoisotopic (exact) mass is 177 g/mol. The Morgan fingerprint density at radius 3 is 2.70 bits per heavy atom. The molecule has 0 aromatic carbocycles. The van der Waals surface area contributed by atoms with Crippen molar-refractivity contribution >= 4 is 23.2 Å². The number of nitrogens with two attached hydrogens (primary N) is 1. The third-order valence-corrected chi connectivity index (χ3v) is 2.45. The lowest BCUT2D eigenvalue weighted by atomic mass is 10.1. The minimum absolute atomic E-state index is 0.517. The molecule has 1 nitrogen and oxygen atoms in total. The smallest absolute Gasteiger partial charge is 0.0593 e. The van der Waals surface area contributed by atoms with Crippen molar-refractivity contribution < 1.29 is 0 Å². The highest BCUT2D eigenvalue weighted by Gasteiger charge is 2.10. The Kier molecular flexibility index (Phi) is 2.78. The molecule has 0 aliphatic heterocycles. The highest BCUT2D eigenvalue weighted by atomic mass is 35.5. The second-order valence-corrected chi connectivity index (χ2v) is 3.00. The topological polar surface area (TPSA) is 26.0 Å². The molecule has 0 bridgehead atoms. The maximum Gasteiger partial charge on any atom is 0.0593 e. The highest BCUT2D eigenvalue weighted by molar-refractivity contribution is 6.44. The van der Waals surface area contributed by atoms with Gasteiger partial charge >= 0.3 is 0 Å². The van der Waals surface area contributed by atoms with E-state index in [-0.39, 0.29) is 0 Å². The SMILES string of the molecule is NCC1=C(Cl)C(Cl)=CCC1. The lowest BCUT2D eigenvalue weighted by Crippen LogP contribution is -2.06. The fraction of sp³-hybridized carbons (Fsp3) is 0.429. The van der Waals surface area contributed by atoms with Gasteiger partial charge in [-0.05, 0) is 18.4 Å². The maximum absolute atomic E-state index is 5.83. The average Bonchev–Trinajstić information content (AvgIpc) is 1.95. The molecule has 0 atom stereocenters. The Labute approximate surface area is 70.5 Å². The van der Waals surface area contributed by atoms with E-state index in [9.17, 15) is 0 Å². The molecule has 0 saturated heterocycles. The first-order valence-electron chi connectivity index (χ1n) is 3.19. The normalized spacial score (nSPS) is 19.3. The van der Waals surface area contributed by atoms with E-state index in [0.717, 1.165) is 18.4 Å². The quantitative estimate of drug-likeness (QED) is 0.655. The first-order valence-corrected chi connectivity index (χ1v) is 3.95. The first-order chi connectivity index (χ1) is 4.75. The molecule has 1 rings (SSSR count). The van der Waals surface area contributed by atoms with Crippen LogP contribution in [0.2, 0.25) is 0 Å². The van der Waals surface area contributed by atoms with Gasteiger partial charge in [0.2, 0.25) is 0 Å². The standard InChI is InChI=1S/C7H9Cl2N/c8-6-3-1-2-5(4-10)7(6)9/h3H,1-2,4,10H2. The van der Waals surface area contributed by atoms with Crippen molar-refractivity contribution in [2.45, 2.75) is 12.8 Å². The Morgan fingerprint density at radius 1 is 1.50 bits per heavy atom. The van der Waals surface area contributed by atoms with Gasteiger partial charge in [0.1, 0.15) is 0 Å². The van der Waals surface area contributed by atoms with E-state index in [1.165, 1.54) is 0 Å². The fourth-order valence-electron chi connectivity index (χ4n) is 0.933. The van der Waals surface area contributed by atoms with Crippen LogP contribution in [-0.2, 0) is 0 Å². The van der Waals surface area contributed by atoms with Gasteiger partial charge in [-0.25, -0.2) is 0 Å². The van der Waals surface area contributed by atoms with E-state index in [1.54, 1.807) is 0 Å². The summed E-state index contributed by atoms with van der Waals surface area (Å²) < 4.78 is 0. The van der Waals surface area contributed by atoms with Crippen molar-refractivity contribution in [3.05, 3.63) is 21.7 Å². The molecule has 10 heavy (non-hydrogen) atoms. The number of hydrogen-bond donors (Lipinski definition) is 1. The van der Waals surface area contributed by atoms with Crippen molar-refractivity contribution in [1.29, 1.82) is 0 Å². The van der Waals surface area contributed by atoms with E-state index in [0.29, 0.717) is 16.6 Å². The molecule has 0 radical (unpaired) electrons. The molecule has 0 aromatic heterocycles. The van der Waals surface area contributed by atoms with Gasteiger partial charge in [0.25, 0.3) is 0 Å². The Hall–Kier alpha value is 0.0200. The van der Waals surface area contributed by atoms with E-state index in [4.69, 9.17) is 28.9 Å². The summed E-state index contributed by atoms with van der Waals surface area (Å²) in [5.41, 5.74) is 6.49. The van der Waals surface area contributed by atoms with Crippen LogP contribution in [0.1, 0.15) is 12.8 Å². The van der Waals surface area contributed by atoms with Gasteiger partial charge in [-0.15, -0.1) is 0 Å². The Morgan fingerprint density at radius 2 is 2.20 bits per heavy atom. The number of hydrogen-bond acceptors (Lipinski definition) is 1. The van der Waals surface area contributed by atoms with Crippen LogP contribution in [0.25, 0.3) is 0 Å². The fourth-order valence-corrected chi connectivity index (χ4v) is 1.42. The van der Waals surface area contributed by atoms with Gasteiger partial charge < -0.3 is 5.73 Å².